The van der Waals surface area contributed by atoms with Crippen molar-refractivity contribution in [2.75, 3.05) is 49.2 Å². The number of hydrogen-bond donors (Lipinski definition) is 1. The molecular weight excluding hydrogens is 420 g/mol. The van der Waals surface area contributed by atoms with Crippen LogP contribution < -0.4 is 10.2 Å². The van der Waals surface area contributed by atoms with Crippen LogP contribution in [0.3, 0.4) is 0 Å². The van der Waals surface area contributed by atoms with Crippen molar-refractivity contribution in [3.8, 4) is 5.69 Å². The lowest BCUT2D eigenvalue weighted by molar-refractivity contribution is -0.113. The Hall–Kier alpha value is -2.84. The topological polar surface area (TPSA) is 66.3 Å². The first-order valence-electron chi connectivity index (χ1n) is 10.8. The number of amides is 1. The molecule has 2 aromatic carbocycles. The molecule has 0 atom stereocenters. The lowest BCUT2D eigenvalue weighted by atomic mass is 10.1. The van der Waals surface area contributed by atoms with Gasteiger partial charge in [0.2, 0.25) is 5.91 Å². The van der Waals surface area contributed by atoms with Gasteiger partial charge in [-0.15, -0.1) is 10.2 Å². The van der Waals surface area contributed by atoms with Gasteiger partial charge in [0, 0.05) is 43.2 Å². The highest BCUT2D eigenvalue weighted by Gasteiger charge is 2.16. The fraction of sp³-hybridized carbons (Fsp3) is 0.375. The molecule has 2 heterocycles. The average Bonchev–Trinajstić information content (AvgIpc) is 3.24. The van der Waals surface area contributed by atoms with E-state index >= 15 is 0 Å². The van der Waals surface area contributed by atoms with Crippen molar-refractivity contribution in [3.63, 3.8) is 0 Å². The molecule has 32 heavy (non-hydrogen) atoms. The third-order valence-electron chi connectivity index (χ3n) is 5.94. The quantitative estimate of drug-likeness (QED) is 0.578. The fourth-order valence-corrected chi connectivity index (χ4v) is 4.57. The normalized spacial score (nSPS) is 14.6. The number of anilines is 2. The van der Waals surface area contributed by atoms with Gasteiger partial charge in [0.05, 0.1) is 5.75 Å². The summed E-state index contributed by atoms with van der Waals surface area (Å²) in [5, 5.41) is 11.9. The van der Waals surface area contributed by atoms with Crippen LogP contribution >= 0.6 is 11.8 Å². The number of aromatic nitrogens is 3. The zero-order valence-electron chi connectivity index (χ0n) is 19.1. The van der Waals surface area contributed by atoms with Crippen LogP contribution in [0.2, 0.25) is 0 Å². The largest absolute Gasteiger partial charge is 0.369 e. The number of nitrogens with one attached hydrogen (secondary N) is 1. The molecule has 1 fully saturated rings. The van der Waals surface area contributed by atoms with Crippen molar-refractivity contribution in [2.24, 2.45) is 0 Å². The summed E-state index contributed by atoms with van der Waals surface area (Å²) in [7, 11) is 2.16. The van der Waals surface area contributed by atoms with Crippen molar-refractivity contribution < 1.29 is 4.79 Å². The second-order valence-corrected chi connectivity index (χ2v) is 9.32. The molecule has 1 aliphatic rings. The van der Waals surface area contributed by atoms with Gasteiger partial charge in [0.25, 0.3) is 0 Å². The molecule has 1 amide bonds. The minimum atomic E-state index is -0.0589. The number of nitrogens with zero attached hydrogens (tertiary/aromatic N) is 5. The Morgan fingerprint density at radius 2 is 1.78 bits per heavy atom. The number of aryl methyl sites for hydroxylation is 3. The predicted octanol–water partition coefficient (Wildman–Crippen LogP) is 3.68. The minimum Gasteiger partial charge on any atom is -0.369 e. The molecule has 3 aromatic rings. The number of rotatable bonds is 6. The third-order valence-corrected chi connectivity index (χ3v) is 6.89. The molecule has 0 aliphatic carbocycles. The maximum absolute atomic E-state index is 12.6. The van der Waals surface area contributed by atoms with Crippen molar-refractivity contribution in [1.82, 2.24) is 19.7 Å². The Bertz CT molecular complexity index is 1100. The van der Waals surface area contributed by atoms with Gasteiger partial charge in [-0.2, -0.15) is 0 Å². The second kappa shape index (κ2) is 9.75. The van der Waals surface area contributed by atoms with Crippen LogP contribution in [0.5, 0.6) is 0 Å². The van der Waals surface area contributed by atoms with Crippen LogP contribution in [0.25, 0.3) is 5.69 Å². The lowest BCUT2D eigenvalue weighted by Crippen LogP contribution is -2.44. The summed E-state index contributed by atoms with van der Waals surface area (Å²) < 4.78 is 1.92. The van der Waals surface area contributed by atoms with Gasteiger partial charge in [0.15, 0.2) is 5.16 Å². The average molecular weight is 451 g/mol. The Morgan fingerprint density at radius 1 is 1.00 bits per heavy atom. The van der Waals surface area contributed by atoms with E-state index in [1.165, 1.54) is 34.1 Å². The zero-order valence-corrected chi connectivity index (χ0v) is 19.9. The molecule has 0 spiro atoms. The van der Waals surface area contributed by atoms with Crippen molar-refractivity contribution in [2.45, 2.75) is 25.9 Å². The van der Waals surface area contributed by atoms with Gasteiger partial charge < -0.3 is 15.1 Å². The number of carbonyl (C=O) groups excluding carboxylic acids is 1. The number of benzene rings is 2. The van der Waals surface area contributed by atoms with Crippen molar-refractivity contribution >= 4 is 29.0 Å². The van der Waals surface area contributed by atoms with Gasteiger partial charge in [-0.3, -0.25) is 9.36 Å². The molecule has 0 unspecified atom stereocenters. The van der Waals surface area contributed by atoms with E-state index in [9.17, 15) is 4.79 Å². The molecule has 1 N–H and O–H groups in total. The molecule has 1 saturated heterocycles. The minimum absolute atomic E-state index is 0.0589. The molecule has 168 valence electrons. The predicted molar refractivity (Wildman–Crippen MR) is 131 cm³/mol. The van der Waals surface area contributed by atoms with Crippen LogP contribution in [-0.2, 0) is 4.79 Å². The van der Waals surface area contributed by atoms with E-state index in [-0.39, 0.29) is 11.7 Å². The van der Waals surface area contributed by atoms with E-state index in [0.29, 0.717) is 5.16 Å². The smallest absolute Gasteiger partial charge is 0.234 e. The fourth-order valence-electron chi connectivity index (χ4n) is 3.84. The highest BCUT2D eigenvalue weighted by atomic mass is 32.2. The Balaban J connectivity index is 1.36. The number of thioether (sulfide) groups is 1. The molecule has 1 aromatic heterocycles. The van der Waals surface area contributed by atoms with E-state index in [4.69, 9.17) is 0 Å². The number of carbonyl (C=O) groups is 1. The summed E-state index contributed by atoms with van der Waals surface area (Å²) in [4.78, 5) is 17.3. The van der Waals surface area contributed by atoms with Crippen molar-refractivity contribution in [1.29, 1.82) is 0 Å². The highest BCUT2D eigenvalue weighted by molar-refractivity contribution is 7.99. The van der Waals surface area contributed by atoms with E-state index in [1.54, 1.807) is 6.33 Å². The Kier molecular flexibility index (Phi) is 6.81. The van der Waals surface area contributed by atoms with E-state index in [2.05, 4.69) is 71.3 Å². The Morgan fingerprint density at radius 3 is 2.50 bits per heavy atom. The van der Waals surface area contributed by atoms with Gasteiger partial charge >= 0.3 is 0 Å². The first kappa shape index (κ1) is 22.4. The van der Waals surface area contributed by atoms with Gasteiger partial charge in [-0.25, -0.2) is 0 Å². The number of likely N-dealkylation sites (N-methyl/N-ethyl adjacent to an activating group) is 1. The van der Waals surface area contributed by atoms with Crippen LogP contribution in [0, 0.1) is 20.8 Å². The molecule has 1 aliphatic heterocycles. The third kappa shape index (κ3) is 5.14. The summed E-state index contributed by atoms with van der Waals surface area (Å²) in [5.74, 6) is 0.208. The highest BCUT2D eigenvalue weighted by Crippen LogP contribution is 2.25. The Labute approximate surface area is 193 Å². The molecular formula is C24H30N6OS. The van der Waals surface area contributed by atoms with Crippen molar-refractivity contribution in [3.05, 3.63) is 59.4 Å². The maximum Gasteiger partial charge on any atom is 0.234 e. The molecule has 7 nitrogen and oxygen atoms in total. The standard InChI is InChI=1S/C24H30N6OS/c1-17-5-7-21(14-18(17)2)30-16-25-27-24(30)32-15-23(31)26-20-6-8-22(19(3)13-20)29-11-9-28(4)10-12-29/h5-8,13-14,16H,9-12,15H2,1-4H3,(H,26,31). The summed E-state index contributed by atoms with van der Waals surface area (Å²) in [6.07, 6.45) is 1.69. The summed E-state index contributed by atoms with van der Waals surface area (Å²) in [6, 6.07) is 12.4. The second-order valence-electron chi connectivity index (χ2n) is 8.38. The van der Waals surface area contributed by atoms with Crippen LogP contribution in [0.4, 0.5) is 11.4 Å². The molecule has 4 rings (SSSR count). The number of hydrogen-bond acceptors (Lipinski definition) is 6. The first-order chi connectivity index (χ1) is 15.4. The molecule has 0 bridgehead atoms. The first-order valence-corrected chi connectivity index (χ1v) is 11.8. The van der Waals surface area contributed by atoms with E-state index in [0.717, 1.165) is 37.6 Å². The van der Waals surface area contributed by atoms with E-state index < -0.39 is 0 Å². The van der Waals surface area contributed by atoms with Crippen LogP contribution in [-0.4, -0.2) is 64.6 Å². The zero-order chi connectivity index (χ0) is 22.7. The molecule has 8 heteroatoms. The SMILES string of the molecule is Cc1ccc(-n2cnnc2SCC(=O)Nc2ccc(N3CCN(C)CC3)c(C)c2)cc1C. The van der Waals surface area contributed by atoms with Crippen LogP contribution in [0.15, 0.2) is 47.9 Å². The lowest BCUT2D eigenvalue weighted by Gasteiger charge is -2.35. The van der Waals surface area contributed by atoms with Gasteiger partial charge in [-0.1, -0.05) is 17.8 Å². The maximum atomic E-state index is 12.6. The molecule has 0 saturated carbocycles. The summed E-state index contributed by atoms with van der Waals surface area (Å²) in [5.41, 5.74) is 6.68. The van der Waals surface area contributed by atoms with Gasteiger partial charge in [0.1, 0.15) is 6.33 Å². The summed E-state index contributed by atoms with van der Waals surface area (Å²) >= 11 is 1.38. The summed E-state index contributed by atoms with van der Waals surface area (Å²) in [6.45, 7) is 10.5. The van der Waals surface area contributed by atoms with Crippen LogP contribution in [0.1, 0.15) is 16.7 Å². The van der Waals surface area contributed by atoms with Gasteiger partial charge in [-0.05, 0) is 74.8 Å². The van der Waals surface area contributed by atoms with E-state index in [1.807, 2.05) is 22.8 Å². The molecule has 0 radical (unpaired) electrons. The number of piperazine rings is 1. The monoisotopic (exact) mass is 450 g/mol.